The molecule has 1 atom stereocenters. The Labute approximate surface area is 140 Å². The first-order valence-corrected chi connectivity index (χ1v) is 8.65. The van der Waals surface area contributed by atoms with E-state index in [2.05, 4.69) is 50.9 Å². The largest absolute Gasteiger partial charge is 0.351 e. The maximum atomic E-state index is 11.1. The van der Waals surface area contributed by atoms with Crippen LogP contribution in [0.4, 0.5) is 11.9 Å². The second kappa shape index (κ2) is 8.01. The van der Waals surface area contributed by atoms with E-state index in [0.29, 0.717) is 11.8 Å². The second-order valence-corrected chi connectivity index (χ2v) is 6.53. The van der Waals surface area contributed by atoms with Crippen molar-refractivity contribution in [3.63, 3.8) is 0 Å². The van der Waals surface area contributed by atoms with E-state index < -0.39 is 0 Å². The number of hydrogen-bond acceptors (Lipinski definition) is 6. The van der Waals surface area contributed by atoms with Crippen LogP contribution in [0.3, 0.4) is 0 Å². The van der Waals surface area contributed by atoms with Crippen LogP contribution in [-0.2, 0) is 11.2 Å². The smallest absolute Gasteiger partial charge is 0.234 e. The molecule has 0 fully saturated rings. The van der Waals surface area contributed by atoms with Crippen molar-refractivity contribution < 1.29 is 4.79 Å². The van der Waals surface area contributed by atoms with Crippen molar-refractivity contribution >= 4 is 29.1 Å². The molecule has 1 amide bonds. The van der Waals surface area contributed by atoms with Crippen LogP contribution in [0.5, 0.6) is 0 Å². The van der Waals surface area contributed by atoms with E-state index in [1.165, 1.54) is 17.4 Å². The normalized spacial score (nSPS) is 12.0. The number of nitrogens with zero attached hydrogens (tertiary/aromatic N) is 3. The molecule has 2 aromatic rings. The Morgan fingerprint density at radius 2 is 2.00 bits per heavy atom. The zero-order valence-corrected chi connectivity index (χ0v) is 14.8. The van der Waals surface area contributed by atoms with Gasteiger partial charge in [-0.3, -0.25) is 10.1 Å². The Kier molecular flexibility index (Phi) is 6.04. The number of nitrogens with one attached hydrogen (secondary N) is 2. The first kappa shape index (κ1) is 17.3. The first-order chi connectivity index (χ1) is 11.0. The van der Waals surface area contributed by atoms with E-state index in [9.17, 15) is 4.79 Å². The van der Waals surface area contributed by atoms with E-state index in [1.54, 1.807) is 18.3 Å². The van der Waals surface area contributed by atoms with Gasteiger partial charge in [-0.15, -0.1) is 11.3 Å². The van der Waals surface area contributed by atoms with Gasteiger partial charge in [-0.05, 0) is 50.1 Å². The summed E-state index contributed by atoms with van der Waals surface area (Å²) in [5.41, 5.74) is 1.36. The summed E-state index contributed by atoms with van der Waals surface area (Å²) in [6, 6.07) is 2.44. The zero-order valence-electron chi connectivity index (χ0n) is 14.0. The molecule has 2 aromatic heterocycles. The molecule has 0 bridgehead atoms. The summed E-state index contributed by atoms with van der Waals surface area (Å²) >= 11 is 1.80. The van der Waals surface area contributed by atoms with Crippen LogP contribution in [0, 0.1) is 13.8 Å². The summed E-state index contributed by atoms with van der Waals surface area (Å²) in [5.74, 6) is 1.18. The number of amides is 1. The third-order valence-corrected chi connectivity index (χ3v) is 4.63. The van der Waals surface area contributed by atoms with Crippen LogP contribution in [0.2, 0.25) is 0 Å². The maximum absolute atomic E-state index is 11.1. The van der Waals surface area contributed by atoms with Gasteiger partial charge >= 0.3 is 0 Å². The fraction of sp³-hybridized carbons (Fsp3) is 0.500. The molecule has 0 saturated carbocycles. The van der Waals surface area contributed by atoms with Gasteiger partial charge in [0.05, 0.1) is 0 Å². The van der Waals surface area contributed by atoms with Crippen molar-refractivity contribution in [3.8, 4) is 0 Å². The molecule has 124 valence electrons. The molecule has 0 aliphatic carbocycles. The lowest BCUT2D eigenvalue weighted by Crippen LogP contribution is -2.22. The Morgan fingerprint density at radius 1 is 1.26 bits per heavy atom. The van der Waals surface area contributed by atoms with E-state index in [4.69, 9.17) is 0 Å². The molecule has 2 heterocycles. The summed E-state index contributed by atoms with van der Waals surface area (Å²) in [6.45, 7) is 7.51. The molecule has 0 spiro atoms. The highest BCUT2D eigenvalue weighted by Crippen LogP contribution is 2.19. The molecule has 0 aliphatic rings. The van der Waals surface area contributed by atoms with Gasteiger partial charge in [0, 0.05) is 17.8 Å². The molecule has 23 heavy (non-hydrogen) atoms. The number of thiophene rings is 1. The summed E-state index contributed by atoms with van der Waals surface area (Å²) in [5, 5.41) is 8.09. The van der Waals surface area contributed by atoms with Crippen molar-refractivity contribution in [1.82, 2.24) is 15.0 Å². The van der Waals surface area contributed by atoms with Gasteiger partial charge in [-0.2, -0.15) is 15.0 Å². The average molecular weight is 333 g/mol. The number of hydrogen-bond donors (Lipinski definition) is 2. The highest BCUT2D eigenvalue weighted by Gasteiger charge is 2.12. The minimum Gasteiger partial charge on any atom is -0.351 e. The van der Waals surface area contributed by atoms with Crippen LogP contribution >= 0.6 is 11.3 Å². The van der Waals surface area contributed by atoms with Crippen LogP contribution in [-0.4, -0.2) is 26.9 Å². The minimum atomic E-state index is -0.193. The van der Waals surface area contributed by atoms with Gasteiger partial charge in [0.2, 0.25) is 17.8 Å². The van der Waals surface area contributed by atoms with Crippen molar-refractivity contribution in [2.45, 2.75) is 53.0 Å². The van der Waals surface area contributed by atoms with Gasteiger partial charge < -0.3 is 5.32 Å². The van der Waals surface area contributed by atoms with E-state index in [-0.39, 0.29) is 17.9 Å². The summed E-state index contributed by atoms with van der Waals surface area (Å²) in [7, 11) is 0. The number of carbonyl (C=O) groups excluding carboxylic acids is 1. The highest BCUT2D eigenvalue weighted by molar-refractivity contribution is 7.10. The molecule has 0 saturated heterocycles. The Morgan fingerprint density at radius 3 is 2.61 bits per heavy atom. The lowest BCUT2D eigenvalue weighted by molar-refractivity contribution is -0.114. The first-order valence-electron chi connectivity index (χ1n) is 7.77. The van der Waals surface area contributed by atoms with Crippen LogP contribution in [0.25, 0.3) is 0 Å². The van der Waals surface area contributed by atoms with Crippen LogP contribution in [0.15, 0.2) is 11.4 Å². The summed E-state index contributed by atoms with van der Waals surface area (Å²) < 4.78 is 0. The SMILES string of the molecule is CCC(CCc1sccc1C)Nc1nc(C)nc(NC(C)=O)n1. The summed E-state index contributed by atoms with van der Waals surface area (Å²) in [6.07, 6.45) is 3.03. The Balaban J connectivity index is 2.01. The third-order valence-electron chi connectivity index (χ3n) is 3.55. The number of anilines is 2. The molecule has 1 unspecified atom stereocenters. The molecule has 0 radical (unpaired) electrons. The molecular formula is C16H23N5OS. The third kappa shape index (κ3) is 5.28. The fourth-order valence-electron chi connectivity index (χ4n) is 2.29. The molecule has 2 N–H and O–H groups in total. The standard InChI is InChI=1S/C16H23N5OS/c1-5-13(6-7-14-10(2)8-9-23-14)20-16-18-11(3)17-15(21-16)19-12(4)22/h8-9,13H,5-7H2,1-4H3,(H2,17,18,19,20,21,22). The second-order valence-electron chi connectivity index (χ2n) is 5.53. The van der Waals surface area contributed by atoms with E-state index in [1.807, 2.05) is 0 Å². The van der Waals surface area contributed by atoms with Gasteiger partial charge in [-0.25, -0.2) is 0 Å². The zero-order chi connectivity index (χ0) is 16.8. The van der Waals surface area contributed by atoms with Crippen molar-refractivity contribution in [2.24, 2.45) is 0 Å². The van der Waals surface area contributed by atoms with Gasteiger partial charge in [0.15, 0.2) is 0 Å². The number of rotatable bonds is 7. The number of carbonyl (C=O) groups is 1. The molecule has 7 heteroatoms. The molecule has 2 rings (SSSR count). The number of aromatic nitrogens is 3. The monoisotopic (exact) mass is 333 g/mol. The minimum absolute atomic E-state index is 0.193. The average Bonchev–Trinajstić information content (AvgIpc) is 2.87. The molecular weight excluding hydrogens is 310 g/mol. The van der Waals surface area contributed by atoms with Crippen molar-refractivity contribution in [2.75, 3.05) is 10.6 Å². The maximum Gasteiger partial charge on any atom is 0.234 e. The lowest BCUT2D eigenvalue weighted by atomic mass is 10.1. The van der Waals surface area contributed by atoms with Crippen molar-refractivity contribution in [1.29, 1.82) is 0 Å². The lowest BCUT2D eigenvalue weighted by Gasteiger charge is -2.17. The van der Waals surface area contributed by atoms with Crippen molar-refractivity contribution in [3.05, 3.63) is 27.7 Å². The van der Waals surface area contributed by atoms with Crippen LogP contribution in [0.1, 0.15) is 43.0 Å². The van der Waals surface area contributed by atoms with E-state index >= 15 is 0 Å². The van der Waals surface area contributed by atoms with Crippen LogP contribution < -0.4 is 10.6 Å². The Hall–Kier alpha value is -2.02. The van der Waals surface area contributed by atoms with Gasteiger partial charge in [0.1, 0.15) is 5.82 Å². The van der Waals surface area contributed by atoms with Gasteiger partial charge in [-0.1, -0.05) is 6.92 Å². The Bertz CT molecular complexity index is 670. The van der Waals surface area contributed by atoms with Gasteiger partial charge in [0.25, 0.3) is 0 Å². The predicted molar refractivity (Wildman–Crippen MR) is 93.9 cm³/mol. The topological polar surface area (TPSA) is 79.8 Å². The molecule has 0 aromatic carbocycles. The fourth-order valence-corrected chi connectivity index (χ4v) is 3.21. The predicted octanol–water partition coefficient (Wildman–Crippen LogP) is 3.33. The number of aryl methyl sites for hydroxylation is 3. The molecule has 6 nitrogen and oxygen atoms in total. The highest BCUT2D eigenvalue weighted by atomic mass is 32.1. The summed E-state index contributed by atoms with van der Waals surface area (Å²) in [4.78, 5) is 25.3. The van der Waals surface area contributed by atoms with E-state index in [0.717, 1.165) is 19.3 Å². The molecule has 0 aliphatic heterocycles. The quantitative estimate of drug-likeness (QED) is 0.812.